The molecular weight excluding hydrogens is 402 g/mol. The fraction of sp³-hybridized carbons (Fsp3) is 0.348. The summed E-state index contributed by atoms with van der Waals surface area (Å²) in [5, 5.41) is 15.8. The van der Waals surface area contributed by atoms with Gasteiger partial charge in [0.25, 0.3) is 0 Å². The van der Waals surface area contributed by atoms with Crippen LogP contribution in [0.4, 0.5) is 0 Å². The minimum absolute atomic E-state index is 0.176. The van der Waals surface area contributed by atoms with E-state index in [0.29, 0.717) is 11.5 Å². The van der Waals surface area contributed by atoms with Gasteiger partial charge in [0.2, 0.25) is 18.5 Å². The number of nitrogens with one attached hydrogen (secondary N) is 1. The van der Waals surface area contributed by atoms with E-state index >= 15 is 0 Å². The Hall–Kier alpha value is -2.91. The number of aliphatic hydroxyl groups excluding tert-OH is 1. The molecule has 0 aliphatic carbocycles. The summed E-state index contributed by atoms with van der Waals surface area (Å²) < 4.78 is 29.3. The SMILES string of the molecule is CC(=O)N[C@H]1[C@H](Oc2cccc3ccccc23)O[C@@H]2CO[C@@H](c3ccco3)O[C@H]2[C@@H]1O. The van der Waals surface area contributed by atoms with Crippen molar-refractivity contribution in [1.82, 2.24) is 5.32 Å². The number of furan rings is 1. The van der Waals surface area contributed by atoms with Gasteiger partial charge in [-0.25, -0.2) is 0 Å². The lowest BCUT2D eigenvalue weighted by Crippen LogP contribution is -2.67. The first-order valence-electron chi connectivity index (χ1n) is 10.2. The third-order valence-corrected chi connectivity index (χ3v) is 5.50. The summed E-state index contributed by atoms with van der Waals surface area (Å²) in [7, 11) is 0. The topological polar surface area (TPSA) is 99.4 Å². The van der Waals surface area contributed by atoms with Gasteiger partial charge in [-0.3, -0.25) is 4.79 Å². The van der Waals surface area contributed by atoms with Crippen LogP contribution in [0.3, 0.4) is 0 Å². The molecule has 3 heterocycles. The van der Waals surface area contributed by atoms with Gasteiger partial charge in [-0.2, -0.15) is 0 Å². The second kappa shape index (κ2) is 8.32. The maximum absolute atomic E-state index is 11.9. The van der Waals surface area contributed by atoms with Gasteiger partial charge in [-0.05, 0) is 23.6 Å². The van der Waals surface area contributed by atoms with Gasteiger partial charge >= 0.3 is 0 Å². The number of carbonyl (C=O) groups excluding carboxylic acids is 1. The molecule has 0 bridgehead atoms. The molecule has 6 atom stereocenters. The van der Waals surface area contributed by atoms with Gasteiger partial charge in [-0.1, -0.05) is 36.4 Å². The van der Waals surface area contributed by atoms with Crippen LogP contribution >= 0.6 is 0 Å². The van der Waals surface area contributed by atoms with E-state index in [1.165, 1.54) is 13.2 Å². The first-order valence-corrected chi connectivity index (χ1v) is 10.2. The van der Waals surface area contributed by atoms with E-state index in [-0.39, 0.29) is 12.5 Å². The van der Waals surface area contributed by atoms with E-state index in [2.05, 4.69) is 5.32 Å². The van der Waals surface area contributed by atoms with Crippen LogP contribution in [0, 0.1) is 0 Å². The highest BCUT2D eigenvalue weighted by molar-refractivity contribution is 5.88. The molecule has 2 saturated heterocycles. The Morgan fingerprint density at radius 1 is 1.10 bits per heavy atom. The lowest BCUT2D eigenvalue weighted by molar-refractivity contribution is -0.336. The molecular formula is C23H23NO7. The number of aliphatic hydroxyl groups is 1. The monoisotopic (exact) mass is 425 g/mol. The number of fused-ring (bicyclic) bond motifs is 2. The van der Waals surface area contributed by atoms with E-state index in [1.807, 2.05) is 42.5 Å². The van der Waals surface area contributed by atoms with E-state index in [1.54, 1.807) is 12.1 Å². The van der Waals surface area contributed by atoms with Gasteiger partial charge in [0.15, 0.2) is 5.76 Å². The molecule has 0 saturated carbocycles. The molecule has 2 aliphatic heterocycles. The lowest BCUT2D eigenvalue weighted by atomic mass is 9.95. The van der Waals surface area contributed by atoms with E-state index in [4.69, 9.17) is 23.4 Å². The number of amides is 1. The Balaban J connectivity index is 1.41. The lowest BCUT2D eigenvalue weighted by Gasteiger charge is -2.47. The Morgan fingerprint density at radius 3 is 2.74 bits per heavy atom. The predicted octanol–water partition coefficient (Wildman–Crippen LogP) is 2.52. The van der Waals surface area contributed by atoms with Gasteiger partial charge in [0, 0.05) is 12.3 Å². The summed E-state index contributed by atoms with van der Waals surface area (Å²) in [6.07, 6.45) is -2.56. The van der Waals surface area contributed by atoms with Crippen molar-refractivity contribution in [1.29, 1.82) is 0 Å². The molecule has 2 aromatic carbocycles. The van der Waals surface area contributed by atoms with Gasteiger partial charge in [0.05, 0.1) is 12.9 Å². The van der Waals surface area contributed by atoms with Gasteiger partial charge < -0.3 is 33.8 Å². The minimum atomic E-state index is -1.08. The molecule has 5 rings (SSSR count). The smallest absolute Gasteiger partial charge is 0.223 e. The van der Waals surface area contributed by atoms with Crippen LogP contribution in [-0.2, 0) is 19.0 Å². The third-order valence-electron chi connectivity index (χ3n) is 5.50. The van der Waals surface area contributed by atoms with Crippen molar-refractivity contribution in [3.63, 3.8) is 0 Å². The highest BCUT2D eigenvalue weighted by Crippen LogP contribution is 2.36. The molecule has 31 heavy (non-hydrogen) atoms. The maximum atomic E-state index is 11.9. The normalized spacial score (nSPS) is 30.5. The Labute approximate surface area is 178 Å². The summed E-state index contributed by atoms with van der Waals surface area (Å²) >= 11 is 0. The zero-order valence-electron chi connectivity index (χ0n) is 16.8. The predicted molar refractivity (Wildman–Crippen MR) is 109 cm³/mol. The van der Waals surface area contributed by atoms with Crippen molar-refractivity contribution in [3.05, 3.63) is 66.6 Å². The molecule has 2 fully saturated rings. The van der Waals surface area contributed by atoms with Crippen LogP contribution < -0.4 is 10.1 Å². The van der Waals surface area contributed by atoms with Crippen LogP contribution in [0.5, 0.6) is 5.75 Å². The minimum Gasteiger partial charge on any atom is -0.464 e. The number of benzene rings is 2. The highest BCUT2D eigenvalue weighted by atomic mass is 16.8. The van der Waals surface area contributed by atoms with Gasteiger partial charge in [0.1, 0.15) is 30.1 Å². The summed E-state index contributed by atoms with van der Waals surface area (Å²) in [4.78, 5) is 11.9. The fourth-order valence-corrected chi connectivity index (χ4v) is 4.07. The van der Waals surface area contributed by atoms with Crippen molar-refractivity contribution < 1.29 is 33.3 Å². The molecule has 1 amide bonds. The first-order chi connectivity index (χ1) is 15.1. The average molecular weight is 425 g/mol. The largest absolute Gasteiger partial charge is 0.464 e. The fourth-order valence-electron chi connectivity index (χ4n) is 4.07. The van der Waals surface area contributed by atoms with Crippen molar-refractivity contribution in [2.24, 2.45) is 0 Å². The van der Waals surface area contributed by atoms with E-state index in [9.17, 15) is 9.90 Å². The summed E-state index contributed by atoms with van der Waals surface area (Å²) in [5.74, 6) is 0.776. The van der Waals surface area contributed by atoms with Crippen LogP contribution in [0.2, 0.25) is 0 Å². The number of rotatable bonds is 4. The second-order valence-electron chi connectivity index (χ2n) is 7.64. The van der Waals surface area contributed by atoms with Gasteiger partial charge in [-0.15, -0.1) is 0 Å². The summed E-state index contributed by atoms with van der Waals surface area (Å²) in [6.45, 7) is 1.56. The molecule has 2 N–H and O–H groups in total. The van der Waals surface area contributed by atoms with Crippen LogP contribution in [0.25, 0.3) is 10.8 Å². The van der Waals surface area contributed by atoms with Crippen LogP contribution in [-0.4, -0.2) is 48.3 Å². The van der Waals surface area contributed by atoms with Crippen LogP contribution in [0.15, 0.2) is 65.3 Å². The molecule has 0 radical (unpaired) electrons. The number of carbonyl (C=O) groups is 1. The Morgan fingerprint density at radius 2 is 1.94 bits per heavy atom. The zero-order chi connectivity index (χ0) is 21.4. The van der Waals surface area contributed by atoms with Crippen LogP contribution in [0.1, 0.15) is 19.0 Å². The van der Waals surface area contributed by atoms with Crippen molar-refractivity contribution in [2.75, 3.05) is 6.61 Å². The standard InChI is InChI=1S/C23H23NO7/c1-13(25)24-19-20(26)21-18(12-28-22(31-21)17-10-5-11-27-17)30-23(19)29-16-9-4-7-14-6-2-3-8-15(14)16/h2-11,18-23,26H,12H2,1H3,(H,24,25)/t18-,19-,20-,21-,22-,23-/m1/s1. The first kappa shape index (κ1) is 20.0. The molecule has 8 heteroatoms. The second-order valence-corrected chi connectivity index (χ2v) is 7.64. The molecule has 0 unspecified atom stereocenters. The quantitative estimate of drug-likeness (QED) is 0.663. The number of hydrogen-bond donors (Lipinski definition) is 2. The molecule has 1 aromatic heterocycles. The Bertz CT molecular complexity index is 1050. The summed E-state index contributed by atoms with van der Waals surface area (Å²) in [6, 6.07) is 16.1. The highest BCUT2D eigenvalue weighted by Gasteiger charge is 2.51. The average Bonchev–Trinajstić information content (AvgIpc) is 3.31. The Kier molecular flexibility index (Phi) is 5.37. The molecule has 3 aromatic rings. The van der Waals surface area contributed by atoms with Crippen molar-refractivity contribution >= 4 is 16.7 Å². The van der Waals surface area contributed by atoms with Crippen molar-refractivity contribution in [2.45, 2.75) is 43.9 Å². The third kappa shape index (κ3) is 3.90. The molecule has 0 spiro atoms. The maximum Gasteiger partial charge on any atom is 0.223 e. The van der Waals surface area contributed by atoms with E-state index in [0.717, 1.165) is 10.8 Å². The van der Waals surface area contributed by atoms with Crippen molar-refractivity contribution in [3.8, 4) is 5.75 Å². The summed E-state index contributed by atoms with van der Waals surface area (Å²) in [5.41, 5.74) is 0. The van der Waals surface area contributed by atoms with E-state index < -0.39 is 36.9 Å². The zero-order valence-corrected chi connectivity index (χ0v) is 16.8. The molecule has 162 valence electrons. The molecule has 2 aliphatic rings. The molecule has 8 nitrogen and oxygen atoms in total. The number of hydrogen-bond acceptors (Lipinski definition) is 7. The number of ether oxygens (including phenoxy) is 4.